The molecule has 118 valence electrons. The summed E-state index contributed by atoms with van der Waals surface area (Å²) in [6.45, 7) is 6.45. The van der Waals surface area contributed by atoms with E-state index in [1.165, 1.54) is 0 Å². The summed E-state index contributed by atoms with van der Waals surface area (Å²) in [5.41, 5.74) is 0.752. The topological polar surface area (TPSA) is 78.8 Å². The van der Waals surface area contributed by atoms with Crippen LogP contribution in [0.1, 0.15) is 45.3 Å². The average Bonchev–Trinajstić information content (AvgIpc) is 2.43. The Morgan fingerprint density at radius 2 is 1.90 bits per heavy atom. The Morgan fingerprint density at radius 3 is 2.38 bits per heavy atom. The minimum absolute atomic E-state index is 0.0263. The van der Waals surface area contributed by atoms with Gasteiger partial charge in [-0.05, 0) is 31.0 Å². The van der Waals surface area contributed by atoms with Crippen molar-refractivity contribution in [2.24, 2.45) is 0 Å². The Hall–Kier alpha value is -1.59. The van der Waals surface area contributed by atoms with Crippen molar-refractivity contribution in [3.8, 4) is 5.75 Å². The SMILES string of the molecule is CCOc1ccc(C(O)C(CCC(=O)O)NC(C)C)cc1. The van der Waals surface area contributed by atoms with Gasteiger partial charge in [-0.2, -0.15) is 0 Å². The zero-order valence-electron chi connectivity index (χ0n) is 12.9. The number of hydrogen-bond donors (Lipinski definition) is 3. The summed E-state index contributed by atoms with van der Waals surface area (Å²) < 4.78 is 5.37. The third-order valence-electron chi connectivity index (χ3n) is 3.13. The third-order valence-corrected chi connectivity index (χ3v) is 3.13. The average molecular weight is 295 g/mol. The normalized spacial score (nSPS) is 14.0. The smallest absolute Gasteiger partial charge is 0.303 e. The molecule has 0 spiro atoms. The summed E-state index contributed by atoms with van der Waals surface area (Å²) in [6, 6.07) is 7.12. The Morgan fingerprint density at radius 1 is 1.29 bits per heavy atom. The van der Waals surface area contributed by atoms with Crippen molar-refractivity contribution in [2.45, 2.75) is 51.8 Å². The van der Waals surface area contributed by atoms with E-state index in [4.69, 9.17) is 9.84 Å². The molecule has 0 aliphatic rings. The number of carboxylic acids is 1. The monoisotopic (exact) mass is 295 g/mol. The summed E-state index contributed by atoms with van der Waals surface area (Å²) in [7, 11) is 0. The van der Waals surface area contributed by atoms with E-state index in [-0.39, 0.29) is 18.5 Å². The Kier molecular flexibility index (Phi) is 7.19. The molecule has 0 aliphatic heterocycles. The molecule has 0 radical (unpaired) electrons. The maximum Gasteiger partial charge on any atom is 0.303 e. The molecule has 0 saturated heterocycles. The number of aliphatic hydroxyl groups excluding tert-OH is 1. The van der Waals surface area contributed by atoms with Gasteiger partial charge in [-0.3, -0.25) is 4.79 Å². The number of carbonyl (C=O) groups is 1. The molecule has 21 heavy (non-hydrogen) atoms. The van der Waals surface area contributed by atoms with Gasteiger partial charge in [0.25, 0.3) is 0 Å². The lowest BCUT2D eigenvalue weighted by molar-refractivity contribution is -0.137. The van der Waals surface area contributed by atoms with E-state index >= 15 is 0 Å². The van der Waals surface area contributed by atoms with Crippen molar-refractivity contribution in [1.29, 1.82) is 0 Å². The van der Waals surface area contributed by atoms with Crippen molar-refractivity contribution in [3.05, 3.63) is 29.8 Å². The highest BCUT2D eigenvalue weighted by molar-refractivity contribution is 5.66. The number of rotatable bonds is 9. The number of carboxylic acid groups (broad SMARTS) is 1. The number of aliphatic carboxylic acids is 1. The van der Waals surface area contributed by atoms with E-state index in [1.807, 2.05) is 45.0 Å². The lowest BCUT2D eigenvalue weighted by Crippen LogP contribution is -2.39. The van der Waals surface area contributed by atoms with E-state index in [0.717, 1.165) is 11.3 Å². The highest BCUT2D eigenvalue weighted by Crippen LogP contribution is 2.23. The first-order valence-electron chi connectivity index (χ1n) is 7.32. The number of aliphatic hydroxyl groups is 1. The molecule has 5 nitrogen and oxygen atoms in total. The molecule has 1 aromatic carbocycles. The van der Waals surface area contributed by atoms with E-state index in [9.17, 15) is 9.90 Å². The fourth-order valence-electron chi connectivity index (χ4n) is 2.20. The number of hydrogen-bond acceptors (Lipinski definition) is 4. The number of nitrogens with one attached hydrogen (secondary N) is 1. The molecule has 1 rings (SSSR count). The van der Waals surface area contributed by atoms with Crippen molar-refractivity contribution in [3.63, 3.8) is 0 Å². The summed E-state index contributed by atoms with van der Waals surface area (Å²) in [5, 5.41) is 22.5. The zero-order chi connectivity index (χ0) is 15.8. The van der Waals surface area contributed by atoms with Crippen LogP contribution in [0, 0.1) is 0 Å². The molecular weight excluding hydrogens is 270 g/mol. The Bertz CT molecular complexity index is 430. The maximum atomic E-state index is 10.7. The van der Waals surface area contributed by atoms with Crippen LogP contribution in [-0.4, -0.2) is 34.9 Å². The highest BCUT2D eigenvalue weighted by Gasteiger charge is 2.22. The van der Waals surface area contributed by atoms with Gasteiger partial charge in [0.15, 0.2) is 0 Å². The molecule has 5 heteroatoms. The van der Waals surface area contributed by atoms with Crippen LogP contribution in [-0.2, 0) is 4.79 Å². The summed E-state index contributed by atoms with van der Waals surface area (Å²) >= 11 is 0. The quantitative estimate of drug-likeness (QED) is 0.652. The second kappa shape index (κ2) is 8.64. The molecule has 0 fully saturated rings. The van der Waals surface area contributed by atoms with Crippen LogP contribution in [0.5, 0.6) is 5.75 Å². The van der Waals surface area contributed by atoms with Gasteiger partial charge in [-0.25, -0.2) is 0 Å². The van der Waals surface area contributed by atoms with Crippen LogP contribution in [0.4, 0.5) is 0 Å². The summed E-state index contributed by atoms with van der Waals surface area (Å²) in [6.07, 6.45) is -0.345. The van der Waals surface area contributed by atoms with E-state index in [1.54, 1.807) is 0 Å². The molecule has 0 aromatic heterocycles. The Labute approximate surface area is 125 Å². The van der Waals surface area contributed by atoms with Crippen molar-refractivity contribution in [2.75, 3.05) is 6.61 Å². The van der Waals surface area contributed by atoms with Crippen molar-refractivity contribution in [1.82, 2.24) is 5.32 Å². The van der Waals surface area contributed by atoms with Gasteiger partial charge >= 0.3 is 5.97 Å². The zero-order valence-corrected chi connectivity index (χ0v) is 12.9. The third kappa shape index (κ3) is 6.14. The fraction of sp³-hybridized carbons (Fsp3) is 0.562. The first-order valence-corrected chi connectivity index (χ1v) is 7.32. The second-order valence-electron chi connectivity index (χ2n) is 5.31. The predicted molar refractivity (Wildman–Crippen MR) is 81.5 cm³/mol. The lowest BCUT2D eigenvalue weighted by atomic mass is 9.97. The van der Waals surface area contributed by atoms with Crippen LogP contribution < -0.4 is 10.1 Å². The molecule has 2 unspecified atom stereocenters. The molecule has 0 aliphatic carbocycles. The predicted octanol–water partition coefficient (Wildman–Crippen LogP) is 2.35. The van der Waals surface area contributed by atoms with Gasteiger partial charge in [-0.15, -0.1) is 0 Å². The van der Waals surface area contributed by atoms with E-state index in [0.29, 0.717) is 13.0 Å². The van der Waals surface area contributed by atoms with Crippen LogP contribution in [0.2, 0.25) is 0 Å². The first kappa shape index (κ1) is 17.5. The largest absolute Gasteiger partial charge is 0.494 e. The van der Waals surface area contributed by atoms with Gasteiger partial charge < -0.3 is 20.3 Å². The minimum Gasteiger partial charge on any atom is -0.494 e. The van der Waals surface area contributed by atoms with Gasteiger partial charge in [-0.1, -0.05) is 26.0 Å². The van der Waals surface area contributed by atoms with Crippen LogP contribution in [0.25, 0.3) is 0 Å². The van der Waals surface area contributed by atoms with Crippen molar-refractivity contribution >= 4 is 5.97 Å². The molecule has 1 aromatic rings. The van der Waals surface area contributed by atoms with Crippen LogP contribution in [0.15, 0.2) is 24.3 Å². The number of benzene rings is 1. The standard InChI is InChI=1S/C16H25NO4/c1-4-21-13-7-5-12(6-8-13)16(20)14(17-11(2)3)9-10-15(18)19/h5-8,11,14,16-17,20H,4,9-10H2,1-3H3,(H,18,19). The molecule has 0 saturated carbocycles. The van der Waals surface area contributed by atoms with Gasteiger partial charge in [0.05, 0.1) is 12.7 Å². The lowest BCUT2D eigenvalue weighted by Gasteiger charge is -2.26. The maximum absolute atomic E-state index is 10.7. The molecule has 2 atom stereocenters. The number of ether oxygens (including phenoxy) is 1. The fourth-order valence-corrected chi connectivity index (χ4v) is 2.20. The van der Waals surface area contributed by atoms with Crippen LogP contribution >= 0.6 is 0 Å². The second-order valence-corrected chi connectivity index (χ2v) is 5.31. The van der Waals surface area contributed by atoms with Crippen LogP contribution in [0.3, 0.4) is 0 Å². The van der Waals surface area contributed by atoms with E-state index < -0.39 is 12.1 Å². The molecule has 0 amide bonds. The summed E-state index contributed by atoms with van der Waals surface area (Å²) in [4.78, 5) is 10.7. The Balaban J connectivity index is 2.77. The molecule has 3 N–H and O–H groups in total. The van der Waals surface area contributed by atoms with Gasteiger partial charge in [0.2, 0.25) is 0 Å². The molecule has 0 bridgehead atoms. The van der Waals surface area contributed by atoms with Gasteiger partial charge in [0.1, 0.15) is 5.75 Å². The molecule has 0 heterocycles. The minimum atomic E-state index is -0.857. The van der Waals surface area contributed by atoms with Gasteiger partial charge in [0, 0.05) is 18.5 Å². The van der Waals surface area contributed by atoms with E-state index in [2.05, 4.69) is 5.32 Å². The summed E-state index contributed by atoms with van der Waals surface area (Å²) in [5.74, 6) is -0.100. The molecular formula is C16H25NO4. The first-order chi connectivity index (χ1) is 9.93. The highest BCUT2D eigenvalue weighted by atomic mass is 16.5. The van der Waals surface area contributed by atoms with Crippen molar-refractivity contribution < 1.29 is 19.7 Å².